The van der Waals surface area contributed by atoms with Gasteiger partial charge in [-0.2, -0.15) is 0 Å². The monoisotopic (exact) mass is 388 g/mol. The Balaban J connectivity index is 1.89. The highest BCUT2D eigenvalue weighted by Gasteiger charge is 2.71. The van der Waals surface area contributed by atoms with Gasteiger partial charge in [-0.05, 0) is 24.3 Å². The van der Waals surface area contributed by atoms with Gasteiger partial charge in [0.05, 0.1) is 19.8 Å². The first-order valence-corrected chi connectivity index (χ1v) is 8.52. The van der Waals surface area contributed by atoms with Gasteiger partial charge in [0.25, 0.3) is 0 Å². The van der Waals surface area contributed by atoms with Crippen LogP contribution in [0.5, 0.6) is 23.0 Å². The van der Waals surface area contributed by atoms with Crippen LogP contribution in [0.1, 0.15) is 15.9 Å². The molecule has 2 aromatic carbocycles. The van der Waals surface area contributed by atoms with Crippen LogP contribution in [-0.4, -0.2) is 51.4 Å². The summed E-state index contributed by atoms with van der Waals surface area (Å²) in [4.78, 5) is 13.3. The lowest BCUT2D eigenvalue weighted by molar-refractivity contribution is -0.296. The summed E-state index contributed by atoms with van der Waals surface area (Å²) in [6, 6.07) is 9.58. The van der Waals surface area contributed by atoms with Crippen LogP contribution in [0.25, 0.3) is 0 Å². The van der Waals surface area contributed by atoms with E-state index in [1.165, 1.54) is 28.4 Å². The number of rotatable bonds is 5. The number of Topliss-reactive ketones (excluding diaryl/α,β-unsaturated/α-hetero) is 1. The first-order valence-electron chi connectivity index (χ1n) is 8.52. The van der Waals surface area contributed by atoms with E-state index in [2.05, 4.69) is 0 Å². The minimum absolute atomic E-state index is 0.233. The van der Waals surface area contributed by atoms with Crippen LogP contribution in [-0.2, 0) is 15.1 Å². The van der Waals surface area contributed by atoms with Crippen molar-refractivity contribution in [2.75, 3.05) is 28.4 Å². The lowest BCUT2D eigenvalue weighted by Crippen LogP contribution is -2.64. The topological polar surface area (TPSA) is 92.7 Å². The van der Waals surface area contributed by atoms with Gasteiger partial charge in [-0.3, -0.25) is 4.79 Å². The third kappa shape index (κ3) is 2.19. The summed E-state index contributed by atoms with van der Waals surface area (Å²) in [6.45, 7) is 0. The fraction of sp³-hybridized carbons (Fsp3) is 0.350. The normalized spacial score (nSPS) is 27.6. The molecule has 2 aromatic rings. The second-order valence-electron chi connectivity index (χ2n) is 6.43. The van der Waals surface area contributed by atoms with Gasteiger partial charge in [0.2, 0.25) is 17.7 Å². The van der Waals surface area contributed by atoms with Crippen molar-refractivity contribution in [3.05, 3.63) is 47.5 Å². The molecule has 0 saturated carbocycles. The summed E-state index contributed by atoms with van der Waals surface area (Å²) >= 11 is 0. The molecule has 0 spiro atoms. The molecule has 2 aliphatic rings. The molecule has 148 valence electrons. The maximum Gasteiger partial charge on any atom is 0.315 e. The van der Waals surface area contributed by atoms with Crippen LogP contribution in [0.4, 0.5) is 0 Å². The van der Waals surface area contributed by atoms with Gasteiger partial charge in [0, 0.05) is 31.9 Å². The Morgan fingerprint density at radius 3 is 2.21 bits per heavy atom. The molecule has 0 saturated heterocycles. The van der Waals surface area contributed by atoms with Gasteiger partial charge in [0.1, 0.15) is 23.0 Å². The first-order chi connectivity index (χ1) is 13.4. The molecule has 2 aliphatic heterocycles. The van der Waals surface area contributed by atoms with Crippen molar-refractivity contribution in [1.29, 1.82) is 0 Å². The van der Waals surface area contributed by atoms with Crippen molar-refractivity contribution in [3.63, 3.8) is 0 Å². The molecule has 0 radical (unpaired) electrons. The van der Waals surface area contributed by atoms with Gasteiger partial charge in [-0.25, -0.2) is 0 Å². The molecule has 0 fully saturated rings. The van der Waals surface area contributed by atoms with Gasteiger partial charge in [0.15, 0.2) is 0 Å². The Hall–Kier alpha value is -2.81. The minimum Gasteiger partial charge on any atom is -0.497 e. The molecular weight excluding hydrogens is 368 g/mol. The molecule has 28 heavy (non-hydrogen) atoms. The number of fused-ring (bicyclic) bond motifs is 2. The molecule has 8 heteroatoms. The number of carbonyl (C=O) groups is 1. The van der Waals surface area contributed by atoms with Crippen molar-refractivity contribution in [2.24, 2.45) is 0 Å². The van der Waals surface area contributed by atoms with Crippen LogP contribution in [0.3, 0.4) is 0 Å². The Bertz CT molecular complexity index is 942. The predicted octanol–water partition coefficient (Wildman–Crippen LogP) is 1.87. The second-order valence-corrected chi connectivity index (χ2v) is 6.43. The Morgan fingerprint density at radius 2 is 1.61 bits per heavy atom. The quantitative estimate of drug-likeness (QED) is 0.830. The van der Waals surface area contributed by atoms with E-state index in [0.29, 0.717) is 17.2 Å². The Kier molecular flexibility index (Phi) is 4.22. The summed E-state index contributed by atoms with van der Waals surface area (Å²) in [7, 11) is 5.66. The van der Waals surface area contributed by atoms with Crippen molar-refractivity contribution in [2.45, 2.75) is 17.7 Å². The Morgan fingerprint density at radius 1 is 0.964 bits per heavy atom. The molecule has 0 aliphatic carbocycles. The molecule has 2 heterocycles. The number of ether oxygens (including phenoxy) is 6. The number of hydrogen-bond acceptors (Lipinski definition) is 8. The molecule has 3 atom stereocenters. The number of carbonyl (C=O) groups excluding carboxylic acids is 1. The fourth-order valence-electron chi connectivity index (χ4n) is 3.74. The van der Waals surface area contributed by atoms with Crippen LogP contribution in [0.2, 0.25) is 0 Å². The summed E-state index contributed by atoms with van der Waals surface area (Å²) in [5, 5.41) is 11.8. The van der Waals surface area contributed by atoms with Gasteiger partial charge in [-0.1, -0.05) is 0 Å². The van der Waals surface area contributed by atoms with E-state index in [0.717, 1.165) is 0 Å². The lowest BCUT2D eigenvalue weighted by Gasteiger charge is -2.40. The molecule has 0 amide bonds. The number of aliphatic hydroxyl groups is 1. The molecule has 0 aromatic heterocycles. The van der Waals surface area contributed by atoms with Gasteiger partial charge < -0.3 is 33.5 Å². The van der Waals surface area contributed by atoms with Gasteiger partial charge in [-0.15, -0.1) is 0 Å². The predicted molar refractivity (Wildman–Crippen MR) is 96.0 cm³/mol. The van der Waals surface area contributed by atoms with Crippen molar-refractivity contribution in [1.82, 2.24) is 0 Å². The van der Waals surface area contributed by atoms with E-state index in [9.17, 15) is 9.90 Å². The highest BCUT2D eigenvalue weighted by atomic mass is 16.7. The Labute approximate surface area is 161 Å². The first kappa shape index (κ1) is 18.5. The number of hydrogen-bond donors (Lipinski definition) is 1. The molecule has 1 N–H and O–H groups in total. The third-order valence-electron chi connectivity index (χ3n) is 5.16. The van der Waals surface area contributed by atoms with Crippen molar-refractivity contribution in [3.8, 4) is 23.0 Å². The summed E-state index contributed by atoms with van der Waals surface area (Å²) in [6.07, 6.45) is -1.25. The van der Waals surface area contributed by atoms with E-state index < -0.39 is 23.5 Å². The standard InChI is InChI=1S/C20H20O8/c1-23-11-5-7-13-15(9-11)28-20(26-4,17(13)21)19(22)14-8-6-12(24-2)10-16(14)27-18(19)25-3/h5-10,18,22H,1-4H3/t18-,19+,20-/m1/s1. The molecule has 0 bridgehead atoms. The van der Waals surface area contributed by atoms with Crippen LogP contribution in [0, 0.1) is 0 Å². The molecule has 0 unspecified atom stereocenters. The largest absolute Gasteiger partial charge is 0.497 e. The summed E-state index contributed by atoms with van der Waals surface area (Å²) < 4.78 is 33.0. The van der Waals surface area contributed by atoms with Crippen LogP contribution in [0.15, 0.2) is 36.4 Å². The maximum absolute atomic E-state index is 13.3. The number of methoxy groups -OCH3 is 4. The van der Waals surface area contributed by atoms with Crippen molar-refractivity contribution < 1.29 is 38.3 Å². The van der Waals surface area contributed by atoms with Crippen LogP contribution >= 0.6 is 0 Å². The van der Waals surface area contributed by atoms with Gasteiger partial charge >= 0.3 is 5.79 Å². The summed E-state index contributed by atoms with van der Waals surface area (Å²) in [5.41, 5.74) is -1.54. The molecular formula is C20H20O8. The SMILES string of the molecule is COc1ccc2c(c1)O[C@@](OC)([C@]1(O)c3ccc(OC)cc3O[C@H]1OC)C2=O. The third-order valence-corrected chi connectivity index (χ3v) is 5.16. The zero-order chi connectivity index (χ0) is 20.1. The summed E-state index contributed by atoms with van der Waals surface area (Å²) in [5.74, 6) is -1.10. The van der Waals surface area contributed by atoms with E-state index >= 15 is 0 Å². The smallest absolute Gasteiger partial charge is 0.315 e. The number of ketones is 1. The highest BCUT2D eigenvalue weighted by molar-refractivity contribution is 6.07. The minimum atomic E-state index is -2.11. The van der Waals surface area contributed by atoms with E-state index in [-0.39, 0.29) is 16.9 Å². The van der Waals surface area contributed by atoms with E-state index in [4.69, 9.17) is 28.4 Å². The van der Waals surface area contributed by atoms with Crippen LogP contribution < -0.4 is 18.9 Å². The average Bonchev–Trinajstić information content (AvgIpc) is 3.19. The molecule has 8 nitrogen and oxygen atoms in total. The van der Waals surface area contributed by atoms with E-state index in [1.54, 1.807) is 36.4 Å². The van der Waals surface area contributed by atoms with Crippen molar-refractivity contribution >= 4 is 5.78 Å². The second kappa shape index (κ2) is 6.37. The zero-order valence-corrected chi connectivity index (χ0v) is 15.8. The fourth-order valence-corrected chi connectivity index (χ4v) is 3.74. The average molecular weight is 388 g/mol. The molecule has 4 rings (SSSR count). The highest BCUT2D eigenvalue weighted by Crippen LogP contribution is 2.54. The van der Waals surface area contributed by atoms with E-state index in [1.807, 2.05) is 0 Å². The lowest BCUT2D eigenvalue weighted by atomic mass is 9.82. The number of benzene rings is 2. The zero-order valence-electron chi connectivity index (χ0n) is 15.8. The maximum atomic E-state index is 13.3.